The van der Waals surface area contributed by atoms with Crippen molar-refractivity contribution in [2.24, 2.45) is 5.41 Å². The van der Waals surface area contributed by atoms with E-state index in [1.807, 2.05) is 0 Å². The van der Waals surface area contributed by atoms with Crippen LogP contribution in [0.5, 0.6) is 0 Å². The minimum atomic E-state index is -0.153. The third kappa shape index (κ3) is 1.48. The van der Waals surface area contributed by atoms with Crippen LogP contribution in [0.4, 0.5) is 0 Å². The third-order valence-corrected chi connectivity index (χ3v) is 3.38. The van der Waals surface area contributed by atoms with E-state index >= 15 is 0 Å². The van der Waals surface area contributed by atoms with Crippen LogP contribution in [0.3, 0.4) is 0 Å². The van der Waals surface area contributed by atoms with E-state index in [9.17, 15) is 4.79 Å². The first-order valence-electron chi connectivity index (χ1n) is 4.15. The largest absolute Gasteiger partial charge is 0.302 e. The zero-order valence-corrected chi connectivity index (χ0v) is 8.46. The summed E-state index contributed by atoms with van der Waals surface area (Å²) >= 11 is 5.57. The Morgan fingerprint density at radius 3 is 2.67 bits per heavy atom. The molecule has 0 aliphatic carbocycles. The molecule has 0 N–H and O–H groups in total. The second kappa shape index (κ2) is 3.52. The molecule has 2 atom stereocenters. The maximum absolute atomic E-state index is 11.1. The topological polar surface area (TPSA) is 20.3 Å². The van der Waals surface area contributed by atoms with Crippen LogP contribution in [0.2, 0.25) is 0 Å². The molecule has 2 unspecified atom stereocenters. The third-order valence-electron chi connectivity index (χ3n) is 2.98. The molecular weight excluding hydrogens is 197 g/mol. The number of hydrogen-bond acceptors (Lipinski definition) is 2. The Labute approximate surface area is 83.7 Å². The van der Waals surface area contributed by atoms with Gasteiger partial charge in [-0.2, -0.15) is 0 Å². The Hall–Kier alpha value is 0.210. The molecule has 2 saturated heterocycles. The highest BCUT2D eigenvalue weighted by molar-refractivity contribution is 6.64. The highest BCUT2D eigenvalue weighted by Gasteiger charge is 2.45. The van der Waals surface area contributed by atoms with Gasteiger partial charge in [-0.05, 0) is 44.0 Å². The molecule has 2 aliphatic rings. The fourth-order valence-electron chi connectivity index (χ4n) is 2.25. The van der Waals surface area contributed by atoms with Gasteiger partial charge < -0.3 is 4.90 Å². The van der Waals surface area contributed by atoms with E-state index < -0.39 is 0 Å². The molecule has 4 heteroatoms. The van der Waals surface area contributed by atoms with Crippen LogP contribution in [-0.4, -0.2) is 29.8 Å². The zero-order chi connectivity index (χ0) is 7.90. The van der Waals surface area contributed by atoms with Crippen molar-refractivity contribution in [1.82, 2.24) is 4.90 Å². The molecule has 12 heavy (non-hydrogen) atoms. The second-order valence-corrected chi connectivity index (χ2v) is 4.03. The lowest BCUT2D eigenvalue weighted by atomic mass is 9.82. The van der Waals surface area contributed by atoms with E-state index in [1.54, 1.807) is 0 Å². The summed E-state index contributed by atoms with van der Waals surface area (Å²) in [6, 6.07) is 0. The molecule has 2 rings (SSSR count). The molecule has 2 nitrogen and oxygen atoms in total. The average molecular weight is 210 g/mol. The number of piperidine rings is 1. The first kappa shape index (κ1) is 10.3. The molecule has 0 aromatic heterocycles. The number of halogens is 2. The zero-order valence-electron chi connectivity index (χ0n) is 6.88. The summed E-state index contributed by atoms with van der Waals surface area (Å²) in [5.74, 6) is 0. The predicted molar refractivity (Wildman–Crippen MR) is 50.8 cm³/mol. The van der Waals surface area contributed by atoms with Gasteiger partial charge in [-0.3, -0.25) is 4.79 Å². The Kier molecular flexibility index (Phi) is 3.02. The number of nitrogens with zero attached hydrogens (tertiary/aromatic N) is 1. The molecule has 2 fully saturated rings. The Bertz CT molecular complexity index is 193. The van der Waals surface area contributed by atoms with Crippen LogP contribution < -0.4 is 0 Å². The standard InChI is InChI=1S/C8H12ClNO.ClH/c9-7(11)8-2-1-4-10(6-8)5-3-8;/h1-6H2;1H. The van der Waals surface area contributed by atoms with Crippen molar-refractivity contribution in [2.45, 2.75) is 19.3 Å². The first-order chi connectivity index (χ1) is 5.23. The van der Waals surface area contributed by atoms with Gasteiger partial charge >= 0.3 is 0 Å². The van der Waals surface area contributed by atoms with Crippen LogP contribution in [-0.2, 0) is 4.79 Å². The summed E-state index contributed by atoms with van der Waals surface area (Å²) in [7, 11) is 0. The summed E-state index contributed by atoms with van der Waals surface area (Å²) in [5.41, 5.74) is -0.153. The van der Waals surface area contributed by atoms with Gasteiger partial charge in [-0.25, -0.2) is 0 Å². The highest BCUT2D eigenvalue weighted by Crippen LogP contribution is 2.40. The molecule has 2 aliphatic heterocycles. The summed E-state index contributed by atoms with van der Waals surface area (Å²) in [5, 5.41) is -0.111. The first-order valence-corrected chi connectivity index (χ1v) is 4.53. The quantitative estimate of drug-likeness (QED) is 0.613. The van der Waals surface area contributed by atoms with Gasteiger partial charge in [0.05, 0.1) is 5.41 Å². The van der Waals surface area contributed by atoms with Gasteiger partial charge in [0.15, 0.2) is 0 Å². The van der Waals surface area contributed by atoms with E-state index in [2.05, 4.69) is 4.90 Å². The summed E-state index contributed by atoms with van der Waals surface area (Å²) in [6.45, 7) is 3.14. The van der Waals surface area contributed by atoms with Crippen molar-refractivity contribution in [3.05, 3.63) is 0 Å². The SMILES string of the molecule is Cl.O=C(Cl)C12CCCN(CC1)C2. The van der Waals surface area contributed by atoms with Crippen molar-refractivity contribution in [3.63, 3.8) is 0 Å². The Balaban J connectivity index is 0.000000720. The monoisotopic (exact) mass is 209 g/mol. The normalized spacial score (nSPS) is 38.9. The lowest BCUT2D eigenvalue weighted by Crippen LogP contribution is -2.37. The summed E-state index contributed by atoms with van der Waals surface area (Å²) in [4.78, 5) is 13.5. The lowest BCUT2D eigenvalue weighted by Gasteiger charge is -2.30. The fourth-order valence-corrected chi connectivity index (χ4v) is 2.50. The van der Waals surface area contributed by atoms with Crippen molar-refractivity contribution in [2.75, 3.05) is 19.6 Å². The average Bonchev–Trinajstić information content (AvgIpc) is 2.29. The molecule has 0 aromatic carbocycles. The molecule has 0 saturated carbocycles. The minimum Gasteiger partial charge on any atom is -0.302 e. The number of fused-ring (bicyclic) bond motifs is 2. The van der Waals surface area contributed by atoms with E-state index in [1.165, 1.54) is 0 Å². The number of carbonyl (C=O) groups excluding carboxylic acids is 1. The van der Waals surface area contributed by atoms with Crippen LogP contribution in [0, 0.1) is 5.41 Å². The van der Waals surface area contributed by atoms with Gasteiger partial charge in [0.25, 0.3) is 0 Å². The van der Waals surface area contributed by atoms with Gasteiger partial charge in [-0.15, -0.1) is 12.4 Å². The summed E-state index contributed by atoms with van der Waals surface area (Å²) < 4.78 is 0. The molecule has 0 amide bonds. The van der Waals surface area contributed by atoms with Crippen LogP contribution in [0.25, 0.3) is 0 Å². The molecule has 2 heterocycles. The van der Waals surface area contributed by atoms with Crippen LogP contribution in [0.15, 0.2) is 0 Å². The maximum atomic E-state index is 11.1. The molecule has 0 spiro atoms. The van der Waals surface area contributed by atoms with Crippen LogP contribution in [0.1, 0.15) is 19.3 Å². The van der Waals surface area contributed by atoms with E-state index in [0.29, 0.717) is 0 Å². The molecule has 0 radical (unpaired) electrons. The van der Waals surface area contributed by atoms with E-state index in [4.69, 9.17) is 11.6 Å². The number of hydrogen-bond donors (Lipinski definition) is 0. The van der Waals surface area contributed by atoms with E-state index in [0.717, 1.165) is 38.9 Å². The predicted octanol–water partition coefficient (Wildman–Crippen LogP) is 1.66. The fraction of sp³-hybridized carbons (Fsp3) is 0.875. The van der Waals surface area contributed by atoms with Crippen molar-refractivity contribution < 1.29 is 4.79 Å². The van der Waals surface area contributed by atoms with Crippen molar-refractivity contribution in [3.8, 4) is 0 Å². The highest BCUT2D eigenvalue weighted by atomic mass is 35.5. The number of carbonyl (C=O) groups is 1. The van der Waals surface area contributed by atoms with Crippen LogP contribution >= 0.6 is 24.0 Å². The van der Waals surface area contributed by atoms with E-state index in [-0.39, 0.29) is 23.1 Å². The molecular formula is C8H13Cl2NO. The van der Waals surface area contributed by atoms with Gasteiger partial charge in [0.1, 0.15) is 0 Å². The van der Waals surface area contributed by atoms with Gasteiger partial charge in [0.2, 0.25) is 5.24 Å². The maximum Gasteiger partial charge on any atom is 0.229 e. The van der Waals surface area contributed by atoms with Gasteiger partial charge in [0, 0.05) is 6.54 Å². The second-order valence-electron chi connectivity index (χ2n) is 3.68. The summed E-state index contributed by atoms with van der Waals surface area (Å²) in [6.07, 6.45) is 3.12. The molecule has 70 valence electrons. The van der Waals surface area contributed by atoms with Gasteiger partial charge in [-0.1, -0.05) is 0 Å². The Morgan fingerprint density at radius 2 is 2.08 bits per heavy atom. The van der Waals surface area contributed by atoms with Crippen molar-refractivity contribution >= 4 is 29.3 Å². The lowest BCUT2D eigenvalue weighted by molar-refractivity contribution is -0.121. The smallest absolute Gasteiger partial charge is 0.229 e. The van der Waals surface area contributed by atoms with Crippen molar-refractivity contribution in [1.29, 1.82) is 0 Å². The number of rotatable bonds is 1. The Morgan fingerprint density at radius 1 is 1.33 bits per heavy atom. The molecule has 2 bridgehead atoms. The molecule has 0 aromatic rings. The minimum absolute atomic E-state index is 0.